The molecule has 1 amide bonds. The Kier molecular flexibility index (Phi) is 4.36. The normalized spacial score (nSPS) is 14.6. The zero-order chi connectivity index (χ0) is 12.3. The topological polar surface area (TPSA) is 32.3 Å². The number of thioether (sulfide) groups is 1. The van der Waals surface area contributed by atoms with E-state index in [2.05, 4.69) is 41.0 Å². The average molecular weight is 268 g/mol. The minimum absolute atomic E-state index is 0.0899. The molecule has 5 heteroatoms. The Morgan fingerprint density at radius 2 is 2.35 bits per heavy atom. The van der Waals surface area contributed by atoms with Crippen LogP contribution >= 0.6 is 24.4 Å². The van der Waals surface area contributed by atoms with Gasteiger partial charge in [0.25, 0.3) is 0 Å². The molecule has 0 saturated carbocycles. The van der Waals surface area contributed by atoms with Gasteiger partial charge in [-0.15, -0.1) is 11.8 Å². The molecule has 1 aromatic rings. The monoisotopic (exact) mass is 268 g/mol. The first-order valence-electron chi connectivity index (χ1n) is 5.54. The summed E-state index contributed by atoms with van der Waals surface area (Å²) in [4.78, 5) is 14.6. The van der Waals surface area contributed by atoms with E-state index < -0.39 is 0 Å². The highest BCUT2D eigenvalue weighted by molar-refractivity contribution is 8.00. The average Bonchev–Trinajstić information content (AvgIpc) is 2.35. The molecular weight excluding hydrogens is 252 g/mol. The first-order chi connectivity index (χ1) is 8.19. The van der Waals surface area contributed by atoms with Crippen molar-refractivity contribution in [2.24, 2.45) is 0 Å². The molecule has 1 N–H and O–H groups in total. The van der Waals surface area contributed by atoms with E-state index in [4.69, 9.17) is 0 Å². The molecule has 0 aromatic heterocycles. The quantitative estimate of drug-likeness (QED) is 0.648. The fraction of sp³-hybridized carbons (Fsp3) is 0.417. The van der Waals surface area contributed by atoms with Crippen molar-refractivity contribution in [3.8, 4) is 0 Å². The molecule has 0 unspecified atom stereocenters. The number of hydrogen-bond donors (Lipinski definition) is 2. The molecule has 2 rings (SSSR count). The molecular formula is C12H16N2OS2. The third-order valence-electron chi connectivity index (χ3n) is 2.70. The Morgan fingerprint density at radius 3 is 3.12 bits per heavy atom. The number of carbonyl (C=O) groups is 1. The van der Waals surface area contributed by atoms with Gasteiger partial charge in [-0.1, -0.05) is 6.07 Å². The lowest BCUT2D eigenvalue weighted by Crippen LogP contribution is -2.20. The molecule has 1 heterocycles. The molecule has 0 aliphatic carbocycles. The van der Waals surface area contributed by atoms with E-state index in [1.54, 1.807) is 11.8 Å². The third-order valence-corrected chi connectivity index (χ3v) is 4.26. The summed E-state index contributed by atoms with van der Waals surface area (Å²) in [5.41, 5.74) is 2.21. The minimum Gasteiger partial charge on any atom is -0.324 e. The van der Waals surface area contributed by atoms with Crippen molar-refractivity contribution in [3.05, 3.63) is 23.8 Å². The summed E-state index contributed by atoms with van der Waals surface area (Å²) in [5, 5.41) is 2.91. The molecule has 0 atom stereocenters. The maximum Gasteiger partial charge on any atom is 0.234 e. The van der Waals surface area contributed by atoms with Crippen LogP contribution in [0.1, 0.15) is 5.56 Å². The summed E-state index contributed by atoms with van der Waals surface area (Å²) in [6, 6.07) is 6.30. The van der Waals surface area contributed by atoms with E-state index in [1.165, 1.54) is 5.56 Å². The summed E-state index contributed by atoms with van der Waals surface area (Å²) < 4.78 is 0. The van der Waals surface area contributed by atoms with Crippen LogP contribution in [0.15, 0.2) is 23.1 Å². The Morgan fingerprint density at radius 1 is 1.53 bits per heavy atom. The van der Waals surface area contributed by atoms with Gasteiger partial charge in [0, 0.05) is 17.3 Å². The van der Waals surface area contributed by atoms with Gasteiger partial charge in [0.05, 0.1) is 11.4 Å². The SMILES string of the molecule is CN(CS)CCc1ccc2c(c1)NC(=O)CS2. The Bertz CT molecular complexity index is 423. The number of fused-ring (bicyclic) bond motifs is 1. The van der Waals surface area contributed by atoms with Crippen molar-refractivity contribution in [1.82, 2.24) is 4.90 Å². The van der Waals surface area contributed by atoms with Crippen molar-refractivity contribution in [2.45, 2.75) is 11.3 Å². The van der Waals surface area contributed by atoms with Crippen molar-refractivity contribution < 1.29 is 4.79 Å². The largest absolute Gasteiger partial charge is 0.324 e. The van der Waals surface area contributed by atoms with Gasteiger partial charge in [-0.2, -0.15) is 12.6 Å². The van der Waals surface area contributed by atoms with Gasteiger partial charge in [-0.3, -0.25) is 9.69 Å². The van der Waals surface area contributed by atoms with Gasteiger partial charge in [0.2, 0.25) is 5.91 Å². The lowest BCUT2D eigenvalue weighted by Gasteiger charge is -2.18. The Balaban J connectivity index is 2.05. The lowest BCUT2D eigenvalue weighted by molar-refractivity contribution is -0.113. The zero-order valence-corrected chi connectivity index (χ0v) is 11.5. The second kappa shape index (κ2) is 5.80. The van der Waals surface area contributed by atoms with Crippen LogP contribution in [0.25, 0.3) is 0 Å². The van der Waals surface area contributed by atoms with Crippen LogP contribution in [0.3, 0.4) is 0 Å². The number of nitrogens with one attached hydrogen (secondary N) is 1. The van der Waals surface area contributed by atoms with E-state index in [0.717, 1.165) is 29.4 Å². The van der Waals surface area contributed by atoms with Crippen LogP contribution in [0, 0.1) is 0 Å². The van der Waals surface area contributed by atoms with Crippen LogP contribution in [-0.4, -0.2) is 36.0 Å². The van der Waals surface area contributed by atoms with E-state index in [9.17, 15) is 4.79 Å². The molecule has 0 radical (unpaired) electrons. The highest BCUT2D eigenvalue weighted by atomic mass is 32.2. The van der Waals surface area contributed by atoms with Crippen molar-refractivity contribution >= 4 is 36.0 Å². The first-order valence-corrected chi connectivity index (χ1v) is 7.16. The number of benzene rings is 1. The molecule has 3 nitrogen and oxygen atoms in total. The van der Waals surface area contributed by atoms with Gasteiger partial charge in [-0.05, 0) is 31.2 Å². The van der Waals surface area contributed by atoms with Gasteiger partial charge < -0.3 is 5.32 Å². The maximum atomic E-state index is 11.3. The van der Waals surface area contributed by atoms with Crippen LogP contribution in [0.4, 0.5) is 5.69 Å². The standard InChI is InChI=1S/C12H16N2OS2/c1-14(8-16)5-4-9-2-3-11-10(6-9)13-12(15)7-17-11/h2-3,6,16H,4-5,7-8H2,1H3,(H,13,15). The number of nitrogens with zero attached hydrogens (tertiary/aromatic N) is 1. The molecule has 17 heavy (non-hydrogen) atoms. The molecule has 1 aliphatic heterocycles. The lowest BCUT2D eigenvalue weighted by atomic mass is 10.1. The minimum atomic E-state index is 0.0899. The van der Waals surface area contributed by atoms with Gasteiger partial charge in [0.1, 0.15) is 0 Å². The summed E-state index contributed by atoms with van der Waals surface area (Å²) in [7, 11) is 2.04. The van der Waals surface area contributed by atoms with Gasteiger partial charge in [0.15, 0.2) is 0 Å². The first kappa shape index (κ1) is 12.8. The number of hydrogen-bond acceptors (Lipinski definition) is 4. The molecule has 0 bridgehead atoms. The van der Waals surface area contributed by atoms with Crippen molar-refractivity contribution in [3.63, 3.8) is 0 Å². The number of amides is 1. The van der Waals surface area contributed by atoms with Gasteiger partial charge >= 0.3 is 0 Å². The maximum absolute atomic E-state index is 11.3. The van der Waals surface area contributed by atoms with Crippen molar-refractivity contribution in [1.29, 1.82) is 0 Å². The van der Waals surface area contributed by atoms with Gasteiger partial charge in [-0.25, -0.2) is 0 Å². The highest BCUT2D eigenvalue weighted by Gasteiger charge is 2.15. The highest BCUT2D eigenvalue weighted by Crippen LogP contribution is 2.31. The number of rotatable bonds is 4. The van der Waals surface area contributed by atoms with E-state index >= 15 is 0 Å². The molecule has 0 fully saturated rings. The van der Waals surface area contributed by atoms with Crippen LogP contribution < -0.4 is 5.32 Å². The summed E-state index contributed by atoms with van der Waals surface area (Å²) in [5.74, 6) is 1.37. The molecule has 1 aromatic carbocycles. The third kappa shape index (κ3) is 3.40. The fourth-order valence-corrected chi connectivity index (χ4v) is 2.61. The van der Waals surface area contributed by atoms with Crippen LogP contribution in [0.5, 0.6) is 0 Å². The summed E-state index contributed by atoms with van der Waals surface area (Å²) >= 11 is 5.82. The summed E-state index contributed by atoms with van der Waals surface area (Å²) in [6.07, 6.45) is 0.977. The zero-order valence-electron chi connectivity index (χ0n) is 9.77. The van der Waals surface area contributed by atoms with E-state index in [-0.39, 0.29) is 5.91 Å². The Labute approximate surface area is 111 Å². The Hall–Kier alpha value is -0.650. The summed E-state index contributed by atoms with van der Waals surface area (Å²) in [6.45, 7) is 0.976. The van der Waals surface area contributed by atoms with Crippen LogP contribution in [0.2, 0.25) is 0 Å². The molecule has 1 aliphatic rings. The van der Waals surface area contributed by atoms with E-state index in [0.29, 0.717) is 5.75 Å². The predicted molar refractivity (Wildman–Crippen MR) is 76.0 cm³/mol. The molecule has 0 spiro atoms. The second-order valence-electron chi connectivity index (χ2n) is 4.14. The predicted octanol–water partition coefficient (Wildman–Crippen LogP) is 2.09. The molecule has 92 valence electrons. The number of likely N-dealkylation sites (N-methyl/N-ethyl adjacent to an activating group) is 1. The second-order valence-corrected chi connectivity index (χ2v) is 5.44. The van der Waals surface area contributed by atoms with Crippen LogP contribution in [-0.2, 0) is 11.2 Å². The number of thiol groups is 1. The fourth-order valence-electron chi connectivity index (χ4n) is 1.68. The molecule has 0 saturated heterocycles. The van der Waals surface area contributed by atoms with E-state index in [1.807, 2.05) is 7.05 Å². The van der Waals surface area contributed by atoms with Crippen molar-refractivity contribution in [2.75, 3.05) is 30.5 Å². The smallest absolute Gasteiger partial charge is 0.234 e. The number of anilines is 1. The number of carbonyl (C=O) groups excluding carboxylic acids is 1.